The number of hydrogen-bond donors (Lipinski definition) is 0. The van der Waals surface area contributed by atoms with E-state index >= 15 is 0 Å². The molecule has 0 aliphatic carbocycles. The fourth-order valence-electron chi connectivity index (χ4n) is 2.16. The highest BCUT2D eigenvalue weighted by atomic mass is 16.5. The van der Waals surface area contributed by atoms with Crippen LogP contribution in [0.3, 0.4) is 0 Å². The van der Waals surface area contributed by atoms with Crippen molar-refractivity contribution in [2.75, 3.05) is 13.7 Å². The lowest BCUT2D eigenvalue weighted by atomic mass is 10.1. The summed E-state index contributed by atoms with van der Waals surface area (Å²) in [5.41, 5.74) is 1.05. The Bertz CT molecular complexity index is 620. The Balaban J connectivity index is 2.39. The normalized spacial score (nSPS) is 10.4. The summed E-state index contributed by atoms with van der Waals surface area (Å²) in [6.45, 7) is 5.19. The molecule has 0 fully saturated rings. The summed E-state index contributed by atoms with van der Waals surface area (Å²) in [4.78, 5) is 12.7. The van der Waals surface area contributed by atoms with Gasteiger partial charge in [0.1, 0.15) is 5.75 Å². The van der Waals surface area contributed by atoms with Crippen molar-refractivity contribution in [2.24, 2.45) is 0 Å². The second-order valence-corrected chi connectivity index (χ2v) is 4.57. The zero-order valence-corrected chi connectivity index (χ0v) is 12.6. The molecule has 0 atom stereocenters. The van der Waals surface area contributed by atoms with Crippen LogP contribution in [0, 0.1) is 0 Å². The van der Waals surface area contributed by atoms with Gasteiger partial charge in [-0.25, -0.2) is 0 Å². The largest absolute Gasteiger partial charge is 0.494 e. The van der Waals surface area contributed by atoms with Gasteiger partial charge in [0, 0.05) is 12.1 Å². The van der Waals surface area contributed by atoms with Crippen LogP contribution in [0.25, 0.3) is 0 Å². The fourth-order valence-corrected chi connectivity index (χ4v) is 2.16. The molecule has 0 spiro atoms. The minimum atomic E-state index is -0.112. The number of hydrogen-bond acceptors (Lipinski definition) is 4. The molecule has 1 aromatic carbocycles. The lowest BCUT2D eigenvalue weighted by molar-refractivity contribution is 0.102. The molecule has 0 aliphatic heterocycles. The van der Waals surface area contributed by atoms with E-state index in [-0.39, 0.29) is 5.78 Å². The number of aryl methyl sites for hydroxylation is 1. The number of carbonyl (C=O) groups excluding carboxylic acids is 1. The predicted octanol–water partition coefficient (Wildman–Crippen LogP) is 2.93. The fraction of sp³-hybridized carbons (Fsp3) is 0.375. The van der Waals surface area contributed by atoms with Crippen LogP contribution in [-0.4, -0.2) is 29.3 Å². The Morgan fingerprint density at radius 2 is 2.14 bits per heavy atom. The highest BCUT2D eigenvalue weighted by molar-refractivity contribution is 6.09. The maximum atomic E-state index is 12.7. The molecule has 21 heavy (non-hydrogen) atoms. The second kappa shape index (κ2) is 6.92. The lowest BCUT2D eigenvalue weighted by Crippen LogP contribution is -2.12. The van der Waals surface area contributed by atoms with Gasteiger partial charge in [0.05, 0.1) is 19.9 Å². The Morgan fingerprint density at radius 1 is 1.33 bits per heavy atom. The number of nitrogens with zero attached hydrogens (tertiary/aromatic N) is 2. The van der Waals surface area contributed by atoms with E-state index in [0.717, 1.165) is 6.42 Å². The van der Waals surface area contributed by atoms with Gasteiger partial charge in [-0.05, 0) is 25.5 Å². The van der Waals surface area contributed by atoms with Crippen LogP contribution in [0.2, 0.25) is 0 Å². The molecule has 0 radical (unpaired) electrons. The van der Waals surface area contributed by atoms with Crippen molar-refractivity contribution in [3.05, 3.63) is 41.7 Å². The monoisotopic (exact) mass is 288 g/mol. The summed E-state index contributed by atoms with van der Waals surface area (Å²) < 4.78 is 12.4. The van der Waals surface area contributed by atoms with Crippen molar-refractivity contribution in [1.82, 2.24) is 9.78 Å². The third-order valence-electron chi connectivity index (χ3n) is 3.08. The summed E-state index contributed by atoms with van der Waals surface area (Å²) in [6.07, 6.45) is 2.47. The lowest BCUT2D eigenvalue weighted by Gasteiger charge is -2.09. The number of rotatable bonds is 7. The first-order valence-corrected chi connectivity index (χ1v) is 7.08. The van der Waals surface area contributed by atoms with Gasteiger partial charge in [-0.1, -0.05) is 19.1 Å². The van der Waals surface area contributed by atoms with Crippen LogP contribution in [-0.2, 0) is 6.54 Å². The van der Waals surface area contributed by atoms with Crippen LogP contribution in [0.4, 0.5) is 0 Å². The molecule has 112 valence electrons. The summed E-state index contributed by atoms with van der Waals surface area (Å²) in [7, 11) is 1.54. The molecule has 2 rings (SSSR count). The van der Waals surface area contributed by atoms with E-state index in [1.54, 1.807) is 30.1 Å². The van der Waals surface area contributed by atoms with Crippen molar-refractivity contribution in [1.29, 1.82) is 0 Å². The van der Waals surface area contributed by atoms with E-state index < -0.39 is 0 Å². The van der Waals surface area contributed by atoms with E-state index in [1.807, 2.05) is 26.0 Å². The Morgan fingerprint density at radius 3 is 2.81 bits per heavy atom. The Kier molecular flexibility index (Phi) is 4.98. The molecule has 1 heterocycles. The molecule has 5 nitrogen and oxygen atoms in total. The SMILES string of the molecule is CCCn1ncc(OC)c1C(=O)c1cccc(OCC)c1. The first-order chi connectivity index (χ1) is 10.2. The molecule has 5 heteroatoms. The van der Waals surface area contributed by atoms with E-state index in [2.05, 4.69) is 5.10 Å². The molecule has 0 bridgehead atoms. The summed E-state index contributed by atoms with van der Waals surface area (Å²) in [5, 5.41) is 4.22. The number of methoxy groups -OCH3 is 1. The number of benzene rings is 1. The standard InChI is InChI=1S/C16H20N2O3/c1-4-9-18-15(14(20-3)11-17-18)16(19)12-7-6-8-13(10-12)21-5-2/h6-8,10-11H,4-5,9H2,1-3H3. The van der Waals surface area contributed by atoms with Gasteiger partial charge < -0.3 is 9.47 Å². The van der Waals surface area contributed by atoms with Crippen LogP contribution >= 0.6 is 0 Å². The van der Waals surface area contributed by atoms with Gasteiger partial charge in [-0.15, -0.1) is 0 Å². The van der Waals surface area contributed by atoms with Gasteiger partial charge in [-0.3, -0.25) is 9.48 Å². The highest BCUT2D eigenvalue weighted by Gasteiger charge is 2.21. The number of ether oxygens (including phenoxy) is 2. The maximum absolute atomic E-state index is 12.7. The summed E-state index contributed by atoms with van der Waals surface area (Å²) in [5.74, 6) is 1.07. The van der Waals surface area contributed by atoms with E-state index in [1.165, 1.54) is 0 Å². The van der Waals surface area contributed by atoms with Gasteiger partial charge in [0.25, 0.3) is 0 Å². The second-order valence-electron chi connectivity index (χ2n) is 4.57. The van der Waals surface area contributed by atoms with Gasteiger partial charge in [-0.2, -0.15) is 5.10 Å². The zero-order chi connectivity index (χ0) is 15.2. The van der Waals surface area contributed by atoms with Gasteiger partial charge >= 0.3 is 0 Å². The van der Waals surface area contributed by atoms with Crippen LogP contribution in [0.1, 0.15) is 36.3 Å². The quantitative estimate of drug-likeness (QED) is 0.735. The molecule has 0 saturated carbocycles. The smallest absolute Gasteiger partial charge is 0.214 e. The Labute approximate surface area is 124 Å². The minimum absolute atomic E-state index is 0.112. The minimum Gasteiger partial charge on any atom is -0.494 e. The van der Waals surface area contributed by atoms with Crippen molar-refractivity contribution < 1.29 is 14.3 Å². The topological polar surface area (TPSA) is 53.4 Å². The van der Waals surface area contributed by atoms with E-state index in [4.69, 9.17) is 9.47 Å². The molecule has 0 amide bonds. The molecule has 0 aliphatic rings. The Hall–Kier alpha value is -2.30. The van der Waals surface area contributed by atoms with E-state index in [9.17, 15) is 4.79 Å². The average molecular weight is 288 g/mol. The molecule has 0 saturated heterocycles. The van der Waals surface area contributed by atoms with Crippen molar-refractivity contribution in [3.8, 4) is 11.5 Å². The maximum Gasteiger partial charge on any atom is 0.214 e. The van der Waals surface area contributed by atoms with Crippen molar-refractivity contribution in [3.63, 3.8) is 0 Å². The number of aromatic nitrogens is 2. The van der Waals surface area contributed by atoms with Crippen LogP contribution < -0.4 is 9.47 Å². The van der Waals surface area contributed by atoms with Crippen molar-refractivity contribution in [2.45, 2.75) is 26.8 Å². The summed E-state index contributed by atoms with van der Waals surface area (Å²) >= 11 is 0. The molecular formula is C16H20N2O3. The summed E-state index contributed by atoms with van der Waals surface area (Å²) in [6, 6.07) is 7.16. The van der Waals surface area contributed by atoms with E-state index in [0.29, 0.717) is 35.9 Å². The molecule has 1 aromatic heterocycles. The zero-order valence-electron chi connectivity index (χ0n) is 12.6. The number of ketones is 1. The first kappa shape index (κ1) is 15.1. The van der Waals surface area contributed by atoms with Crippen molar-refractivity contribution >= 4 is 5.78 Å². The molecule has 0 N–H and O–H groups in total. The first-order valence-electron chi connectivity index (χ1n) is 7.08. The predicted molar refractivity (Wildman–Crippen MR) is 80.1 cm³/mol. The highest BCUT2D eigenvalue weighted by Crippen LogP contribution is 2.23. The van der Waals surface area contributed by atoms with Gasteiger partial charge in [0.15, 0.2) is 11.4 Å². The average Bonchev–Trinajstić information content (AvgIpc) is 2.90. The molecule has 0 unspecified atom stereocenters. The third kappa shape index (κ3) is 3.24. The van der Waals surface area contributed by atoms with Crippen LogP contribution in [0.15, 0.2) is 30.5 Å². The van der Waals surface area contributed by atoms with Crippen LogP contribution in [0.5, 0.6) is 11.5 Å². The molecular weight excluding hydrogens is 268 g/mol. The third-order valence-corrected chi connectivity index (χ3v) is 3.08. The molecule has 2 aromatic rings. The number of carbonyl (C=O) groups is 1. The van der Waals surface area contributed by atoms with Gasteiger partial charge in [0.2, 0.25) is 5.78 Å².